The highest BCUT2D eigenvalue weighted by molar-refractivity contribution is 7.22. The molecule has 5 rings (SSSR count). The van der Waals surface area contributed by atoms with Crippen molar-refractivity contribution in [3.05, 3.63) is 78.3 Å². The van der Waals surface area contributed by atoms with E-state index in [-0.39, 0.29) is 22.8 Å². The molecule has 13 heteroatoms. The third-order valence-corrected chi connectivity index (χ3v) is 7.04. The van der Waals surface area contributed by atoms with E-state index in [4.69, 9.17) is 0 Å². The molecule has 1 atom stereocenters. The molecule has 0 aliphatic carbocycles. The molecule has 0 amide bonds. The molecule has 0 bridgehead atoms. The van der Waals surface area contributed by atoms with E-state index in [9.17, 15) is 22.0 Å². The Hall–Kier alpha value is -3.97. The number of benzene rings is 2. The van der Waals surface area contributed by atoms with Crippen LogP contribution in [-0.4, -0.2) is 44.7 Å². The van der Waals surface area contributed by atoms with Crippen molar-refractivity contribution in [3.8, 4) is 21.7 Å². The lowest BCUT2D eigenvalue weighted by molar-refractivity contribution is -0.156. The number of alkyl halides is 3. The summed E-state index contributed by atoms with van der Waals surface area (Å²) < 4.78 is 72.6. The second-order valence-corrected chi connectivity index (χ2v) is 9.36. The number of hydrogen-bond donors (Lipinski definition) is 2. The number of anilines is 1. The van der Waals surface area contributed by atoms with Gasteiger partial charge in [0, 0.05) is 17.4 Å². The van der Waals surface area contributed by atoms with Gasteiger partial charge in [0.15, 0.2) is 5.82 Å². The molecular formula is C25H20F5N7S. The van der Waals surface area contributed by atoms with E-state index >= 15 is 0 Å². The molecule has 0 spiro atoms. The zero-order chi connectivity index (χ0) is 26.9. The Morgan fingerprint density at radius 2 is 1.92 bits per heavy atom. The first-order chi connectivity index (χ1) is 18.2. The fraction of sp³-hybridized carbons (Fsp3) is 0.200. The van der Waals surface area contributed by atoms with E-state index in [1.807, 2.05) is 0 Å². The summed E-state index contributed by atoms with van der Waals surface area (Å²) in [6.07, 6.45) is -0.295. The number of rotatable bonds is 8. The summed E-state index contributed by atoms with van der Waals surface area (Å²) in [7, 11) is 1.20. The zero-order valence-electron chi connectivity index (χ0n) is 19.8. The largest absolute Gasteiger partial charge is 0.407 e. The van der Waals surface area contributed by atoms with E-state index in [1.54, 1.807) is 41.3 Å². The number of fused-ring (bicyclic) bond motifs is 1. The minimum absolute atomic E-state index is 0.0401. The van der Waals surface area contributed by atoms with Gasteiger partial charge in [0.25, 0.3) is 0 Å². The molecule has 2 aromatic carbocycles. The van der Waals surface area contributed by atoms with Crippen molar-refractivity contribution in [3.63, 3.8) is 0 Å². The van der Waals surface area contributed by atoms with Crippen LogP contribution < -0.4 is 10.6 Å². The number of thiophene rings is 1. The van der Waals surface area contributed by atoms with Gasteiger partial charge in [-0.15, -0.1) is 16.4 Å². The first kappa shape index (κ1) is 25.7. The molecule has 1 unspecified atom stereocenters. The zero-order valence-corrected chi connectivity index (χ0v) is 20.6. The van der Waals surface area contributed by atoms with Gasteiger partial charge in [0.1, 0.15) is 17.6 Å². The van der Waals surface area contributed by atoms with Gasteiger partial charge in [-0.3, -0.25) is 4.68 Å². The highest BCUT2D eigenvalue weighted by Gasteiger charge is 2.41. The minimum atomic E-state index is -4.60. The van der Waals surface area contributed by atoms with Crippen LogP contribution in [0.4, 0.5) is 27.9 Å². The molecule has 2 N–H and O–H groups in total. The molecule has 7 nitrogen and oxygen atoms in total. The summed E-state index contributed by atoms with van der Waals surface area (Å²) >= 11 is 1.15. The van der Waals surface area contributed by atoms with Gasteiger partial charge in [-0.25, -0.2) is 18.7 Å². The molecule has 196 valence electrons. The summed E-state index contributed by atoms with van der Waals surface area (Å²) in [4.78, 5) is 8.75. The minimum Gasteiger partial charge on any atom is -0.352 e. The Labute approximate surface area is 217 Å². The highest BCUT2D eigenvalue weighted by atomic mass is 32.1. The summed E-state index contributed by atoms with van der Waals surface area (Å²) in [5.74, 6) is -1.12. The number of nitrogens with zero attached hydrogens (tertiary/aromatic N) is 5. The maximum absolute atomic E-state index is 14.8. The normalized spacial score (nSPS) is 12.7. The Bertz CT molecular complexity index is 1570. The van der Waals surface area contributed by atoms with E-state index < -0.39 is 23.9 Å². The number of nitrogens with one attached hydrogen (secondary N) is 2. The summed E-state index contributed by atoms with van der Waals surface area (Å²) in [5, 5.41) is 13.5. The fourth-order valence-electron chi connectivity index (χ4n) is 4.16. The van der Waals surface area contributed by atoms with E-state index in [2.05, 4.69) is 30.9 Å². The summed E-state index contributed by atoms with van der Waals surface area (Å²) in [6.45, 7) is 0.906. The third-order valence-electron chi connectivity index (χ3n) is 5.85. The smallest absolute Gasteiger partial charge is 0.352 e. The number of hydrogen-bond acceptors (Lipinski definition) is 7. The molecule has 0 saturated carbocycles. The van der Waals surface area contributed by atoms with Crippen molar-refractivity contribution in [1.82, 2.24) is 30.3 Å². The lowest BCUT2D eigenvalue weighted by Crippen LogP contribution is -2.32. The number of aromatic nitrogens is 5. The highest BCUT2D eigenvalue weighted by Crippen LogP contribution is 2.43. The van der Waals surface area contributed by atoms with Crippen LogP contribution in [0.1, 0.15) is 11.6 Å². The van der Waals surface area contributed by atoms with Crippen LogP contribution in [0.2, 0.25) is 0 Å². The summed E-state index contributed by atoms with van der Waals surface area (Å²) in [5.41, 5.74) is 0.423. The van der Waals surface area contributed by atoms with Crippen LogP contribution in [0.3, 0.4) is 0 Å². The van der Waals surface area contributed by atoms with Crippen LogP contribution >= 0.6 is 11.3 Å². The van der Waals surface area contributed by atoms with E-state index in [1.165, 1.54) is 7.05 Å². The average Bonchev–Trinajstić information content (AvgIpc) is 3.55. The van der Waals surface area contributed by atoms with Crippen molar-refractivity contribution < 1.29 is 22.0 Å². The van der Waals surface area contributed by atoms with Gasteiger partial charge in [-0.05, 0) is 47.3 Å². The monoisotopic (exact) mass is 545 g/mol. The first-order valence-corrected chi connectivity index (χ1v) is 12.2. The molecule has 38 heavy (non-hydrogen) atoms. The average molecular weight is 546 g/mol. The molecule has 3 aromatic heterocycles. The molecule has 0 radical (unpaired) electrons. The van der Waals surface area contributed by atoms with Gasteiger partial charge < -0.3 is 10.6 Å². The van der Waals surface area contributed by atoms with Crippen LogP contribution in [0.15, 0.2) is 61.1 Å². The van der Waals surface area contributed by atoms with E-state index in [0.717, 1.165) is 35.7 Å². The second kappa shape index (κ2) is 10.4. The fourth-order valence-corrected chi connectivity index (χ4v) is 5.34. The van der Waals surface area contributed by atoms with Crippen molar-refractivity contribution in [1.29, 1.82) is 0 Å². The van der Waals surface area contributed by atoms with Crippen molar-refractivity contribution >= 4 is 27.4 Å². The molecular weight excluding hydrogens is 525 g/mol. The third kappa shape index (κ3) is 5.20. The summed E-state index contributed by atoms with van der Waals surface area (Å²) in [6, 6.07) is 7.96. The topological polar surface area (TPSA) is 80.5 Å². The van der Waals surface area contributed by atoms with Crippen LogP contribution in [0, 0.1) is 11.6 Å². The molecule has 0 saturated heterocycles. The van der Waals surface area contributed by atoms with E-state index in [0.29, 0.717) is 33.6 Å². The Balaban J connectivity index is 1.53. The molecule has 3 heterocycles. The van der Waals surface area contributed by atoms with Gasteiger partial charge in [0.05, 0.1) is 23.8 Å². The SMILES string of the molecule is CNC(c1ccc(F)cc1-c1cccc2cc(-c3nc(NCCn4ccnn4)ncc3F)sc12)C(F)(F)F. The van der Waals surface area contributed by atoms with Gasteiger partial charge in [-0.2, -0.15) is 13.2 Å². The predicted octanol–water partition coefficient (Wildman–Crippen LogP) is 5.83. The quantitative estimate of drug-likeness (QED) is 0.239. The molecule has 0 fully saturated rings. The van der Waals surface area contributed by atoms with Crippen LogP contribution in [0.5, 0.6) is 0 Å². The number of halogens is 5. The van der Waals surface area contributed by atoms with Crippen LogP contribution in [-0.2, 0) is 6.54 Å². The maximum Gasteiger partial charge on any atom is 0.407 e. The van der Waals surface area contributed by atoms with Crippen molar-refractivity contribution in [2.24, 2.45) is 0 Å². The molecule has 5 aromatic rings. The molecule has 0 aliphatic rings. The Morgan fingerprint density at radius 3 is 2.66 bits per heavy atom. The Morgan fingerprint density at radius 1 is 1.08 bits per heavy atom. The lowest BCUT2D eigenvalue weighted by atomic mass is 9.93. The van der Waals surface area contributed by atoms with Crippen LogP contribution in [0.25, 0.3) is 31.8 Å². The lowest BCUT2D eigenvalue weighted by Gasteiger charge is -2.23. The first-order valence-electron chi connectivity index (χ1n) is 11.4. The van der Waals surface area contributed by atoms with Crippen molar-refractivity contribution in [2.45, 2.75) is 18.8 Å². The maximum atomic E-state index is 14.8. The van der Waals surface area contributed by atoms with Crippen molar-refractivity contribution in [2.75, 3.05) is 18.9 Å². The van der Waals surface area contributed by atoms with Gasteiger partial charge in [0.2, 0.25) is 5.95 Å². The second-order valence-electron chi connectivity index (χ2n) is 8.31. The standard InChI is InChI=1S/C25H20F5N7S/c1-31-23(25(28,29)30)17-6-5-15(26)12-18(17)16-4-2-3-14-11-20(38-22(14)16)21-19(27)13-33-24(35-21)32-7-9-37-10-8-34-36-37/h2-6,8,10-13,23,31H,7,9H2,1H3,(H,32,33,35). The van der Waals surface area contributed by atoms with Gasteiger partial charge in [-0.1, -0.05) is 29.5 Å². The van der Waals surface area contributed by atoms with Gasteiger partial charge >= 0.3 is 6.18 Å². The Kier molecular flexibility index (Phi) is 7.04. The molecule has 0 aliphatic heterocycles. The predicted molar refractivity (Wildman–Crippen MR) is 135 cm³/mol.